The molecule has 1 N–H and O–H groups in total. The van der Waals surface area contributed by atoms with E-state index in [1.165, 1.54) is 0 Å². The van der Waals surface area contributed by atoms with Gasteiger partial charge in [0.15, 0.2) is 0 Å². The summed E-state index contributed by atoms with van der Waals surface area (Å²) in [7, 11) is -1.16. The molecule has 0 heterocycles. The molecule has 4 nitrogen and oxygen atoms in total. The van der Waals surface area contributed by atoms with Crippen LogP contribution in [-0.2, 0) is 22.0 Å². The highest BCUT2D eigenvalue weighted by Crippen LogP contribution is 2.15. The molecule has 0 fully saturated rings. The fourth-order valence-electron chi connectivity index (χ4n) is 2.06. The third kappa shape index (κ3) is 10.8. The van der Waals surface area contributed by atoms with Crippen LogP contribution in [0.25, 0.3) is 0 Å². The number of allylic oxidation sites excluding steroid dienone is 1. The van der Waals surface area contributed by atoms with E-state index >= 15 is 0 Å². The van der Waals surface area contributed by atoms with E-state index in [9.17, 15) is 9.00 Å². The lowest BCUT2D eigenvalue weighted by Gasteiger charge is -2.23. The van der Waals surface area contributed by atoms with Crippen molar-refractivity contribution in [2.45, 2.75) is 59.6 Å². The van der Waals surface area contributed by atoms with Crippen LogP contribution in [-0.4, -0.2) is 27.7 Å². The highest BCUT2D eigenvalue weighted by molar-refractivity contribution is 7.88. The number of alkyl carbamates (subject to hydrolysis) is 1. The SMILES string of the molecule is CC(C)(C)/C=C\S(=O)CC(Cc1ccccc1)NC(=O)OC(C)(C)C. The van der Waals surface area contributed by atoms with E-state index in [1.807, 2.05) is 57.2 Å². The Bertz CT molecular complexity index is 598. The van der Waals surface area contributed by atoms with Crippen LogP contribution < -0.4 is 5.32 Å². The first-order chi connectivity index (χ1) is 11.4. The van der Waals surface area contributed by atoms with Gasteiger partial charge >= 0.3 is 6.09 Å². The van der Waals surface area contributed by atoms with E-state index in [1.54, 1.807) is 5.41 Å². The molecule has 140 valence electrons. The van der Waals surface area contributed by atoms with Gasteiger partial charge in [0.05, 0.1) is 0 Å². The molecule has 0 aliphatic rings. The van der Waals surface area contributed by atoms with E-state index in [0.717, 1.165) is 5.56 Å². The van der Waals surface area contributed by atoms with Crippen molar-refractivity contribution in [3.8, 4) is 0 Å². The average Bonchev–Trinajstić information content (AvgIpc) is 2.43. The molecule has 0 aliphatic carbocycles. The Morgan fingerprint density at radius 2 is 1.76 bits per heavy atom. The van der Waals surface area contributed by atoms with Crippen LogP contribution in [0.5, 0.6) is 0 Å². The van der Waals surface area contributed by atoms with Crippen molar-refractivity contribution in [2.24, 2.45) is 5.41 Å². The topological polar surface area (TPSA) is 55.4 Å². The summed E-state index contributed by atoms with van der Waals surface area (Å²) >= 11 is 0. The summed E-state index contributed by atoms with van der Waals surface area (Å²) in [5, 5.41) is 4.58. The minimum Gasteiger partial charge on any atom is -0.444 e. The minimum absolute atomic E-state index is 0.0246. The van der Waals surface area contributed by atoms with E-state index in [2.05, 4.69) is 26.1 Å². The van der Waals surface area contributed by atoms with Gasteiger partial charge in [-0.15, -0.1) is 0 Å². The Hall–Kier alpha value is -1.62. The van der Waals surface area contributed by atoms with Crippen molar-refractivity contribution in [2.75, 3.05) is 5.75 Å². The third-order valence-corrected chi connectivity index (χ3v) is 4.30. The Kier molecular flexibility index (Phi) is 7.87. The maximum absolute atomic E-state index is 12.4. The van der Waals surface area contributed by atoms with Crippen LogP contribution >= 0.6 is 0 Å². The normalized spacial score (nSPS) is 15.0. The zero-order valence-electron chi connectivity index (χ0n) is 16.2. The predicted molar refractivity (Wildman–Crippen MR) is 105 cm³/mol. The largest absolute Gasteiger partial charge is 0.444 e. The zero-order chi connectivity index (χ0) is 19.1. The molecule has 0 saturated carbocycles. The summed E-state index contributed by atoms with van der Waals surface area (Å²) in [5.74, 6) is 0.348. The maximum atomic E-state index is 12.4. The van der Waals surface area contributed by atoms with E-state index in [4.69, 9.17) is 4.74 Å². The fourth-order valence-corrected chi connectivity index (χ4v) is 3.33. The number of rotatable bonds is 6. The van der Waals surface area contributed by atoms with Gasteiger partial charge in [0.2, 0.25) is 0 Å². The van der Waals surface area contributed by atoms with E-state index in [0.29, 0.717) is 12.2 Å². The van der Waals surface area contributed by atoms with Gasteiger partial charge in [-0.25, -0.2) is 4.79 Å². The lowest BCUT2D eigenvalue weighted by molar-refractivity contribution is 0.0509. The van der Waals surface area contributed by atoms with Crippen LogP contribution in [0.4, 0.5) is 4.79 Å². The van der Waals surface area contributed by atoms with Gasteiger partial charge in [-0.2, -0.15) is 0 Å². The maximum Gasteiger partial charge on any atom is 0.407 e. The van der Waals surface area contributed by atoms with E-state index in [-0.39, 0.29) is 11.5 Å². The van der Waals surface area contributed by atoms with Crippen molar-refractivity contribution < 1.29 is 13.7 Å². The number of carbonyl (C=O) groups excluding carboxylic acids is 1. The Morgan fingerprint density at radius 1 is 1.16 bits per heavy atom. The molecular formula is C20H31NO3S. The molecule has 2 unspecified atom stereocenters. The standard InChI is InChI=1S/C20H31NO3S/c1-19(2,3)12-13-25(23)15-17(14-16-10-8-7-9-11-16)21-18(22)24-20(4,5)6/h7-13,17H,14-15H2,1-6H3,(H,21,22)/b13-12-. The number of amides is 1. The van der Waals surface area contributed by atoms with Crippen molar-refractivity contribution in [1.82, 2.24) is 5.32 Å². The van der Waals surface area contributed by atoms with Gasteiger partial charge in [-0.3, -0.25) is 4.21 Å². The van der Waals surface area contributed by atoms with Gasteiger partial charge in [0, 0.05) is 22.6 Å². The highest BCUT2D eigenvalue weighted by atomic mass is 32.2. The number of hydrogen-bond donors (Lipinski definition) is 1. The summed E-state index contributed by atoms with van der Waals surface area (Å²) in [6.45, 7) is 11.6. The van der Waals surface area contributed by atoms with Gasteiger partial charge in [0.25, 0.3) is 0 Å². The predicted octanol–water partition coefficient (Wildman–Crippen LogP) is 4.43. The number of hydrogen-bond acceptors (Lipinski definition) is 3. The second-order valence-corrected chi connectivity index (χ2v) is 9.62. The summed E-state index contributed by atoms with van der Waals surface area (Å²) in [6, 6.07) is 9.59. The van der Waals surface area contributed by atoms with Crippen LogP contribution in [0.2, 0.25) is 0 Å². The summed E-state index contributed by atoms with van der Waals surface area (Å²) in [4.78, 5) is 12.1. The Labute approximate surface area is 154 Å². The second-order valence-electron chi connectivity index (χ2n) is 8.25. The van der Waals surface area contributed by atoms with Gasteiger partial charge in [-0.1, -0.05) is 57.2 Å². The van der Waals surface area contributed by atoms with Crippen molar-refractivity contribution in [3.05, 3.63) is 47.4 Å². The molecule has 0 bridgehead atoms. The molecule has 5 heteroatoms. The summed E-state index contributed by atoms with van der Waals surface area (Å²) in [5.41, 5.74) is 0.496. The molecule has 0 spiro atoms. The summed E-state index contributed by atoms with van der Waals surface area (Å²) in [6.07, 6.45) is 2.07. The lowest BCUT2D eigenvalue weighted by atomic mass is 9.98. The minimum atomic E-state index is -1.16. The fraction of sp³-hybridized carbons (Fsp3) is 0.550. The Balaban J connectivity index is 2.78. The van der Waals surface area contributed by atoms with Gasteiger partial charge < -0.3 is 10.1 Å². The monoisotopic (exact) mass is 365 g/mol. The third-order valence-electron chi connectivity index (χ3n) is 3.13. The van der Waals surface area contributed by atoms with Gasteiger partial charge in [-0.05, 0) is 43.6 Å². The molecule has 1 aromatic rings. The summed E-state index contributed by atoms with van der Waals surface area (Å²) < 4.78 is 17.7. The molecule has 0 aromatic heterocycles. The number of benzene rings is 1. The zero-order valence-corrected chi connectivity index (χ0v) is 17.0. The molecular weight excluding hydrogens is 334 g/mol. The van der Waals surface area contributed by atoms with E-state index < -0.39 is 22.5 Å². The highest BCUT2D eigenvalue weighted by Gasteiger charge is 2.21. The Morgan fingerprint density at radius 3 is 2.28 bits per heavy atom. The lowest BCUT2D eigenvalue weighted by Crippen LogP contribution is -2.42. The molecule has 0 aliphatic heterocycles. The molecule has 1 rings (SSSR count). The molecule has 0 radical (unpaired) electrons. The quantitative estimate of drug-likeness (QED) is 0.811. The molecule has 0 saturated heterocycles. The first-order valence-corrected chi connectivity index (χ1v) is 9.93. The van der Waals surface area contributed by atoms with Crippen molar-refractivity contribution in [1.29, 1.82) is 0 Å². The molecule has 1 aromatic carbocycles. The average molecular weight is 366 g/mol. The van der Waals surface area contributed by atoms with Crippen LogP contribution in [0.1, 0.15) is 47.1 Å². The number of nitrogens with one attached hydrogen (secondary N) is 1. The first kappa shape index (κ1) is 21.4. The second kappa shape index (κ2) is 9.18. The first-order valence-electron chi connectivity index (χ1n) is 8.54. The molecule has 2 atom stereocenters. The van der Waals surface area contributed by atoms with Crippen LogP contribution in [0.3, 0.4) is 0 Å². The molecule has 1 amide bonds. The van der Waals surface area contributed by atoms with Crippen LogP contribution in [0, 0.1) is 5.41 Å². The number of carbonyl (C=O) groups is 1. The molecule has 25 heavy (non-hydrogen) atoms. The van der Waals surface area contributed by atoms with Crippen molar-refractivity contribution >= 4 is 16.9 Å². The van der Waals surface area contributed by atoms with Crippen molar-refractivity contribution in [3.63, 3.8) is 0 Å². The van der Waals surface area contributed by atoms with Gasteiger partial charge in [0.1, 0.15) is 5.60 Å². The number of ether oxygens (including phenoxy) is 1. The smallest absolute Gasteiger partial charge is 0.407 e. The van der Waals surface area contributed by atoms with Crippen LogP contribution in [0.15, 0.2) is 41.8 Å².